The van der Waals surface area contributed by atoms with Crippen molar-refractivity contribution in [1.29, 1.82) is 0 Å². The van der Waals surface area contributed by atoms with Crippen molar-refractivity contribution < 1.29 is 8.42 Å². The minimum Gasteiger partial charge on any atom is -0.316 e. The summed E-state index contributed by atoms with van der Waals surface area (Å²) in [6.07, 6.45) is 0. The maximum absolute atomic E-state index is 12.2. The van der Waals surface area contributed by atoms with E-state index in [1.54, 1.807) is 18.3 Å². The van der Waals surface area contributed by atoms with Gasteiger partial charge in [0, 0.05) is 22.3 Å². The van der Waals surface area contributed by atoms with Gasteiger partial charge in [-0.1, -0.05) is 6.92 Å². The number of aryl methyl sites for hydroxylation is 2. The summed E-state index contributed by atoms with van der Waals surface area (Å²) in [6, 6.07) is 1.88. The molecule has 0 amide bonds. The van der Waals surface area contributed by atoms with Crippen LogP contribution >= 0.6 is 11.3 Å². The molecule has 2 unspecified atom stereocenters. The fourth-order valence-corrected chi connectivity index (χ4v) is 4.18. The van der Waals surface area contributed by atoms with Gasteiger partial charge in [0.05, 0.1) is 5.25 Å². The lowest BCUT2D eigenvalue weighted by Gasteiger charge is -2.19. The first kappa shape index (κ1) is 16.6. The largest absolute Gasteiger partial charge is 0.316 e. The van der Waals surface area contributed by atoms with Crippen molar-refractivity contribution >= 4 is 21.4 Å². The van der Waals surface area contributed by atoms with E-state index in [0.717, 1.165) is 12.1 Å². The fourth-order valence-electron chi connectivity index (χ4n) is 1.96. The molecule has 0 bridgehead atoms. The van der Waals surface area contributed by atoms with Crippen LogP contribution in [0.4, 0.5) is 0 Å². The fraction of sp³-hybridized carbons (Fsp3) is 0.692. The first-order valence-corrected chi connectivity index (χ1v) is 8.93. The van der Waals surface area contributed by atoms with Crippen molar-refractivity contribution in [3.8, 4) is 0 Å². The molecule has 1 heterocycles. The SMILES string of the molecule is CCNCC(C)S(=O)(=O)NC(C)c1cc(C)sc1C. The van der Waals surface area contributed by atoms with Crippen molar-refractivity contribution in [3.63, 3.8) is 0 Å². The first-order valence-electron chi connectivity index (χ1n) is 6.56. The van der Waals surface area contributed by atoms with E-state index < -0.39 is 15.3 Å². The summed E-state index contributed by atoms with van der Waals surface area (Å²) >= 11 is 1.70. The van der Waals surface area contributed by atoms with Gasteiger partial charge in [0.25, 0.3) is 0 Å². The molecule has 4 nitrogen and oxygen atoms in total. The van der Waals surface area contributed by atoms with Gasteiger partial charge in [-0.2, -0.15) is 0 Å². The minimum absolute atomic E-state index is 0.181. The average molecular weight is 304 g/mol. The van der Waals surface area contributed by atoms with Crippen molar-refractivity contribution in [2.24, 2.45) is 0 Å². The zero-order valence-electron chi connectivity index (χ0n) is 12.3. The van der Waals surface area contributed by atoms with Crippen LogP contribution in [0.2, 0.25) is 0 Å². The predicted octanol–water partition coefficient (Wildman–Crippen LogP) is 2.34. The van der Waals surface area contributed by atoms with Crippen LogP contribution in [0.5, 0.6) is 0 Å². The second kappa shape index (κ2) is 6.83. The quantitative estimate of drug-likeness (QED) is 0.813. The van der Waals surface area contributed by atoms with Crippen molar-refractivity contribution in [2.75, 3.05) is 13.1 Å². The summed E-state index contributed by atoms with van der Waals surface area (Å²) in [6.45, 7) is 10.9. The third kappa shape index (κ3) is 4.56. The number of nitrogens with one attached hydrogen (secondary N) is 2. The molecule has 1 rings (SSSR count). The van der Waals surface area contributed by atoms with E-state index in [9.17, 15) is 8.42 Å². The van der Waals surface area contributed by atoms with Gasteiger partial charge in [0.15, 0.2) is 0 Å². The maximum Gasteiger partial charge on any atom is 0.216 e. The first-order chi connectivity index (χ1) is 8.77. The summed E-state index contributed by atoms with van der Waals surface area (Å²) in [4.78, 5) is 2.38. The number of hydrogen-bond acceptors (Lipinski definition) is 4. The van der Waals surface area contributed by atoms with Gasteiger partial charge in [-0.15, -0.1) is 11.3 Å². The molecule has 0 fully saturated rings. The Labute approximate surface area is 120 Å². The number of thiophene rings is 1. The predicted molar refractivity (Wildman–Crippen MR) is 82.3 cm³/mol. The number of hydrogen-bond donors (Lipinski definition) is 2. The van der Waals surface area contributed by atoms with Crippen LogP contribution < -0.4 is 10.0 Å². The van der Waals surface area contributed by atoms with E-state index in [2.05, 4.69) is 16.1 Å². The van der Waals surface area contributed by atoms with Gasteiger partial charge >= 0.3 is 0 Å². The maximum atomic E-state index is 12.2. The van der Waals surface area contributed by atoms with Crippen LogP contribution in [0.15, 0.2) is 6.07 Å². The highest BCUT2D eigenvalue weighted by Crippen LogP contribution is 2.26. The molecule has 19 heavy (non-hydrogen) atoms. The lowest BCUT2D eigenvalue weighted by Crippen LogP contribution is -2.40. The van der Waals surface area contributed by atoms with Gasteiger partial charge in [0.1, 0.15) is 0 Å². The molecule has 6 heteroatoms. The van der Waals surface area contributed by atoms with E-state index >= 15 is 0 Å². The zero-order valence-corrected chi connectivity index (χ0v) is 13.9. The lowest BCUT2D eigenvalue weighted by atomic mass is 10.1. The highest BCUT2D eigenvalue weighted by Gasteiger charge is 2.24. The van der Waals surface area contributed by atoms with E-state index in [1.807, 2.05) is 27.7 Å². The average Bonchev–Trinajstić information content (AvgIpc) is 2.64. The molecule has 110 valence electrons. The molecule has 0 spiro atoms. The van der Waals surface area contributed by atoms with Crippen LogP contribution in [0.1, 0.15) is 42.1 Å². The third-order valence-corrected chi connectivity index (χ3v) is 5.99. The summed E-state index contributed by atoms with van der Waals surface area (Å²) in [5, 5.41) is 2.63. The molecule has 2 N–H and O–H groups in total. The van der Waals surface area contributed by atoms with E-state index in [0.29, 0.717) is 6.54 Å². The Balaban J connectivity index is 2.75. The topological polar surface area (TPSA) is 58.2 Å². The minimum atomic E-state index is -3.30. The molecule has 0 aliphatic carbocycles. The van der Waals surface area contributed by atoms with Crippen LogP contribution in [0.25, 0.3) is 0 Å². The molecule has 0 saturated heterocycles. The Bertz CT molecular complexity index is 509. The Morgan fingerprint density at radius 3 is 2.42 bits per heavy atom. The second-order valence-corrected chi connectivity index (χ2v) is 8.46. The van der Waals surface area contributed by atoms with Crippen LogP contribution in [0.3, 0.4) is 0 Å². The molecule has 0 saturated carbocycles. The number of rotatable bonds is 7. The smallest absolute Gasteiger partial charge is 0.216 e. The summed E-state index contributed by atoms with van der Waals surface area (Å²) in [5.41, 5.74) is 1.07. The molecule has 2 atom stereocenters. The highest BCUT2D eigenvalue weighted by atomic mass is 32.2. The van der Waals surface area contributed by atoms with Crippen LogP contribution in [-0.4, -0.2) is 26.8 Å². The Hall–Kier alpha value is -0.430. The van der Waals surface area contributed by atoms with Crippen LogP contribution in [0, 0.1) is 13.8 Å². The highest BCUT2D eigenvalue weighted by molar-refractivity contribution is 7.90. The lowest BCUT2D eigenvalue weighted by molar-refractivity contribution is 0.547. The molecule has 1 aromatic heterocycles. The molecule has 1 aromatic rings. The Kier molecular flexibility index (Phi) is 5.98. The molecule has 0 aliphatic rings. The molecular weight excluding hydrogens is 280 g/mol. The summed E-state index contributed by atoms with van der Waals surface area (Å²) in [7, 11) is -3.30. The monoisotopic (exact) mass is 304 g/mol. The Morgan fingerprint density at radius 1 is 1.32 bits per heavy atom. The normalized spacial score (nSPS) is 15.4. The number of sulfonamides is 1. The van der Waals surface area contributed by atoms with Gasteiger partial charge in [-0.05, 0) is 45.9 Å². The van der Waals surface area contributed by atoms with Gasteiger partial charge in [-0.25, -0.2) is 13.1 Å². The second-order valence-electron chi connectivity index (χ2n) is 4.87. The molecule has 0 aromatic carbocycles. The zero-order chi connectivity index (χ0) is 14.6. The molecule has 0 aliphatic heterocycles. The van der Waals surface area contributed by atoms with E-state index in [4.69, 9.17) is 0 Å². The summed E-state index contributed by atoms with van der Waals surface area (Å²) in [5.74, 6) is 0. The van der Waals surface area contributed by atoms with Crippen molar-refractivity contribution in [1.82, 2.24) is 10.0 Å². The van der Waals surface area contributed by atoms with Gasteiger partial charge in [-0.3, -0.25) is 0 Å². The Morgan fingerprint density at radius 2 is 1.95 bits per heavy atom. The third-order valence-electron chi connectivity index (χ3n) is 3.10. The molecule has 0 radical (unpaired) electrons. The van der Waals surface area contributed by atoms with Crippen molar-refractivity contribution in [3.05, 3.63) is 21.4 Å². The van der Waals surface area contributed by atoms with Gasteiger partial charge < -0.3 is 5.32 Å². The van der Waals surface area contributed by atoms with E-state index in [-0.39, 0.29) is 6.04 Å². The standard InChI is InChI=1S/C13H24N2O2S2/c1-6-14-8-10(3)19(16,17)15-11(4)13-7-9(2)18-12(13)5/h7,10-11,14-15H,6,8H2,1-5H3. The van der Waals surface area contributed by atoms with Crippen LogP contribution in [-0.2, 0) is 10.0 Å². The molecular formula is C13H24N2O2S2. The summed E-state index contributed by atoms with van der Waals surface area (Å²) < 4.78 is 27.2. The van der Waals surface area contributed by atoms with Gasteiger partial charge in [0.2, 0.25) is 10.0 Å². The van der Waals surface area contributed by atoms with Crippen molar-refractivity contribution in [2.45, 2.75) is 45.9 Å². The van der Waals surface area contributed by atoms with E-state index in [1.165, 1.54) is 9.75 Å².